The van der Waals surface area contributed by atoms with E-state index in [0.29, 0.717) is 19.5 Å². The molecule has 3 amide bonds. The van der Waals surface area contributed by atoms with E-state index >= 15 is 0 Å². The Hall–Kier alpha value is -1.22. The van der Waals surface area contributed by atoms with Gasteiger partial charge in [0, 0.05) is 25.9 Å². The van der Waals surface area contributed by atoms with Gasteiger partial charge in [-0.1, -0.05) is 20.3 Å². The molecule has 8 nitrogen and oxygen atoms in total. The maximum absolute atomic E-state index is 11.4. The lowest BCUT2D eigenvalue weighted by atomic mass is 9.82. The number of hydrogen-bond donors (Lipinski definition) is 2. The Morgan fingerprint density at radius 3 is 2.42 bits per heavy atom. The first-order valence-electron chi connectivity index (χ1n) is 12.2. The summed E-state index contributed by atoms with van der Waals surface area (Å²) in [5.74, 6) is 0.632. The van der Waals surface area contributed by atoms with E-state index in [1.54, 1.807) is 0 Å². The zero-order valence-corrected chi connectivity index (χ0v) is 20.3. The zero-order valence-electron chi connectivity index (χ0n) is 20.3. The van der Waals surface area contributed by atoms with Crippen LogP contribution in [-0.4, -0.2) is 87.6 Å². The average molecular weight is 443 g/mol. The molecule has 2 aliphatic rings. The fourth-order valence-corrected chi connectivity index (χ4v) is 4.34. The SMILES string of the molecule is CCNC(=O)N(C=O)CCCN(CC)CC.CNCCCC1CCCC2(C1)OCCO2. The third-order valence-corrected chi connectivity index (χ3v) is 6.11. The maximum atomic E-state index is 11.4. The number of nitrogens with one attached hydrogen (secondary N) is 2. The number of ether oxygens (including phenoxy) is 2. The van der Waals surface area contributed by atoms with E-state index in [0.717, 1.165) is 64.6 Å². The highest BCUT2D eigenvalue weighted by atomic mass is 16.7. The molecular formula is C23H46N4O4. The first-order valence-corrected chi connectivity index (χ1v) is 12.2. The summed E-state index contributed by atoms with van der Waals surface area (Å²) in [6, 6.07) is -0.308. The summed E-state index contributed by atoms with van der Waals surface area (Å²) >= 11 is 0. The van der Waals surface area contributed by atoms with Gasteiger partial charge in [-0.2, -0.15) is 0 Å². The molecule has 8 heteroatoms. The standard InChI is InChI=1S/C12H23NO2.C11H23N3O2/c1-13-7-3-5-11-4-2-6-12(10-11)14-8-9-15-12;1-4-12-11(16)14(10-15)9-7-8-13(5-2)6-3/h11,13H,2-10H2,1H3;10H,4-9H2,1-3H3,(H,12,16). The van der Waals surface area contributed by atoms with Gasteiger partial charge in [0.25, 0.3) is 0 Å². The molecule has 1 saturated heterocycles. The summed E-state index contributed by atoms with van der Waals surface area (Å²) in [4.78, 5) is 25.5. The van der Waals surface area contributed by atoms with Gasteiger partial charge in [-0.25, -0.2) is 4.79 Å². The van der Waals surface area contributed by atoms with Crippen LogP contribution in [0.1, 0.15) is 65.7 Å². The summed E-state index contributed by atoms with van der Waals surface area (Å²) in [6.45, 7) is 12.7. The van der Waals surface area contributed by atoms with Crippen LogP contribution in [0.3, 0.4) is 0 Å². The topological polar surface area (TPSA) is 83.1 Å². The molecule has 0 bridgehead atoms. The summed E-state index contributed by atoms with van der Waals surface area (Å²) in [7, 11) is 2.02. The molecule has 0 aromatic rings. The van der Waals surface area contributed by atoms with Gasteiger partial charge < -0.3 is 25.0 Å². The molecule has 1 heterocycles. The molecule has 1 aliphatic carbocycles. The van der Waals surface area contributed by atoms with Gasteiger partial charge >= 0.3 is 6.03 Å². The lowest BCUT2D eigenvalue weighted by Gasteiger charge is -2.36. The lowest BCUT2D eigenvalue weighted by molar-refractivity contribution is -0.187. The molecule has 2 fully saturated rings. The van der Waals surface area contributed by atoms with Crippen molar-refractivity contribution in [2.45, 2.75) is 71.5 Å². The molecule has 31 heavy (non-hydrogen) atoms. The minimum atomic E-state index is -0.308. The number of nitrogens with zero attached hydrogens (tertiary/aromatic N) is 2. The Bertz CT molecular complexity index is 482. The van der Waals surface area contributed by atoms with Crippen LogP contribution in [0, 0.1) is 5.92 Å². The highest BCUT2D eigenvalue weighted by molar-refractivity contribution is 5.84. The summed E-state index contributed by atoms with van der Waals surface area (Å²) < 4.78 is 11.6. The van der Waals surface area contributed by atoms with Crippen LogP contribution in [0.4, 0.5) is 4.79 Å². The van der Waals surface area contributed by atoms with Gasteiger partial charge in [-0.15, -0.1) is 0 Å². The van der Waals surface area contributed by atoms with E-state index in [1.165, 1.54) is 30.6 Å². The van der Waals surface area contributed by atoms with E-state index in [2.05, 4.69) is 29.4 Å². The van der Waals surface area contributed by atoms with Crippen molar-refractivity contribution in [1.29, 1.82) is 0 Å². The molecule has 2 N–H and O–H groups in total. The van der Waals surface area contributed by atoms with Crippen LogP contribution >= 0.6 is 0 Å². The summed E-state index contributed by atoms with van der Waals surface area (Å²) in [5, 5.41) is 5.81. The van der Waals surface area contributed by atoms with Gasteiger partial charge in [0.05, 0.1) is 13.2 Å². The van der Waals surface area contributed by atoms with Crippen molar-refractivity contribution in [3.63, 3.8) is 0 Å². The third kappa shape index (κ3) is 10.8. The Morgan fingerprint density at radius 2 is 1.84 bits per heavy atom. The molecular weight excluding hydrogens is 396 g/mol. The Kier molecular flexibility index (Phi) is 14.7. The molecule has 182 valence electrons. The molecule has 1 aliphatic heterocycles. The first-order chi connectivity index (χ1) is 15.0. The second-order valence-electron chi connectivity index (χ2n) is 8.33. The van der Waals surface area contributed by atoms with E-state index < -0.39 is 0 Å². The van der Waals surface area contributed by atoms with Crippen LogP contribution in [0.25, 0.3) is 0 Å². The van der Waals surface area contributed by atoms with Gasteiger partial charge in [-0.05, 0) is 71.8 Å². The predicted molar refractivity (Wildman–Crippen MR) is 124 cm³/mol. The van der Waals surface area contributed by atoms with Crippen LogP contribution in [0.15, 0.2) is 0 Å². The molecule has 0 aromatic heterocycles. The normalized spacial score (nSPS) is 19.7. The van der Waals surface area contributed by atoms with Crippen molar-refractivity contribution in [3.05, 3.63) is 0 Å². The van der Waals surface area contributed by atoms with E-state index in [4.69, 9.17) is 9.47 Å². The van der Waals surface area contributed by atoms with Crippen LogP contribution in [0.2, 0.25) is 0 Å². The van der Waals surface area contributed by atoms with Gasteiger partial charge in [0.2, 0.25) is 6.41 Å². The smallest absolute Gasteiger partial charge is 0.323 e. The minimum Gasteiger partial charge on any atom is -0.348 e. The minimum absolute atomic E-state index is 0.178. The third-order valence-electron chi connectivity index (χ3n) is 6.11. The van der Waals surface area contributed by atoms with E-state index in [9.17, 15) is 9.59 Å². The Balaban J connectivity index is 0.000000310. The Morgan fingerprint density at radius 1 is 1.13 bits per heavy atom. The van der Waals surface area contributed by atoms with Gasteiger partial charge in [-0.3, -0.25) is 9.69 Å². The quantitative estimate of drug-likeness (QED) is 0.357. The lowest BCUT2D eigenvalue weighted by Crippen LogP contribution is -2.40. The van der Waals surface area contributed by atoms with Crippen LogP contribution in [0.5, 0.6) is 0 Å². The van der Waals surface area contributed by atoms with Crippen molar-refractivity contribution in [2.24, 2.45) is 5.92 Å². The molecule has 0 radical (unpaired) electrons. The van der Waals surface area contributed by atoms with E-state index in [1.807, 2.05) is 14.0 Å². The number of hydrogen-bond acceptors (Lipinski definition) is 6. The summed E-state index contributed by atoms with van der Waals surface area (Å²) in [6.07, 6.45) is 8.85. The van der Waals surface area contributed by atoms with Crippen LogP contribution in [-0.2, 0) is 14.3 Å². The number of amides is 3. The average Bonchev–Trinajstić information content (AvgIpc) is 3.22. The number of carbonyl (C=O) groups excluding carboxylic acids is 2. The largest absolute Gasteiger partial charge is 0.348 e. The van der Waals surface area contributed by atoms with Crippen molar-refractivity contribution >= 4 is 12.4 Å². The van der Waals surface area contributed by atoms with Crippen molar-refractivity contribution in [2.75, 3.05) is 59.5 Å². The molecule has 1 unspecified atom stereocenters. The molecule has 1 saturated carbocycles. The van der Waals surface area contributed by atoms with Gasteiger partial charge in [0.15, 0.2) is 5.79 Å². The fourth-order valence-electron chi connectivity index (χ4n) is 4.34. The summed E-state index contributed by atoms with van der Waals surface area (Å²) in [5.41, 5.74) is 0. The number of imide groups is 1. The van der Waals surface area contributed by atoms with Gasteiger partial charge in [0.1, 0.15) is 0 Å². The van der Waals surface area contributed by atoms with Crippen molar-refractivity contribution in [3.8, 4) is 0 Å². The zero-order chi connectivity index (χ0) is 23.0. The predicted octanol–water partition coefficient (Wildman–Crippen LogP) is 2.83. The highest BCUT2D eigenvalue weighted by Gasteiger charge is 2.40. The van der Waals surface area contributed by atoms with Crippen molar-refractivity contribution in [1.82, 2.24) is 20.4 Å². The maximum Gasteiger partial charge on any atom is 0.323 e. The monoisotopic (exact) mass is 442 g/mol. The highest BCUT2D eigenvalue weighted by Crippen LogP contribution is 2.40. The molecule has 2 rings (SSSR count). The van der Waals surface area contributed by atoms with Crippen LogP contribution < -0.4 is 10.6 Å². The number of rotatable bonds is 12. The number of carbonyl (C=O) groups is 2. The Labute approximate surface area is 189 Å². The molecule has 0 aromatic carbocycles. The van der Waals surface area contributed by atoms with Crippen molar-refractivity contribution < 1.29 is 19.1 Å². The van der Waals surface area contributed by atoms with E-state index in [-0.39, 0.29) is 11.8 Å². The number of urea groups is 1. The first kappa shape index (κ1) is 27.8. The second-order valence-corrected chi connectivity index (χ2v) is 8.33. The second kappa shape index (κ2) is 16.4. The molecule has 1 atom stereocenters. The molecule has 1 spiro atoms. The fraction of sp³-hybridized carbons (Fsp3) is 0.913.